The van der Waals surface area contributed by atoms with Gasteiger partial charge in [-0.3, -0.25) is 4.79 Å². The molecule has 138 valence electrons. The molecule has 5 nitrogen and oxygen atoms in total. The van der Waals surface area contributed by atoms with E-state index in [1.54, 1.807) is 0 Å². The highest BCUT2D eigenvalue weighted by Gasteiger charge is 2.27. The molecular weight excluding hydrogens is 362 g/mol. The number of fused-ring (bicyclic) bond motifs is 1. The van der Waals surface area contributed by atoms with Gasteiger partial charge in [-0.25, -0.2) is 0 Å². The summed E-state index contributed by atoms with van der Waals surface area (Å²) in [5, 5.41) is 8.71. The molecule has 2 heterocycles. The number of rotatable bonds is 6. The first kappa shape index (κ1) is 17.6. The first-order valence-corrected chi connectivity index (χ1v) is 9.35. The predicted molar refractivity (Wildman–Crippen MR) is 107 cm³/mol. The first-order chi connectivity index (χ1) is 13.2. The van der Waals surface area contributed by atoms with Gasteiger partial charge < -0.3 is 15.1 Å². The van der Waals surface area contributed by atoms with Gasteiger partial charge >= 0.3 is 0 Å². The molecule has 2 N–H and O–H groups in total. The molecule has 1 amide bonds. The van der Waals surface area contributed by atoms with Crippen LogP contribution in [-0.4, -0.2) is 22.7 Å². The second-order valence-electron chi connectivity index (χ2n) is 6.69. The minimum atomic E-state index is -0.547. The number of hydrogen-bond donors (Lipinski definition) is 2. The number of carbonyl (C=O) groups excluding carboxylic acids is 1. The van der Waals surface area contributed by atoms with Crippen LogP contribution in [-0.2, 0) is 22.6 Å². The topological polar surface area (TPSA) is 66.5 Å². The Kier molecular flexibility index (Phi) is 5.12. The average molecular weight is 382 g/mol. The zero-order valence-corrected chi connectivity index (χ0v) is 15.5. The van der Waals surface area contributed by atoms with Gasteiger partial charge in [0, 0.05) is 28.0 Å². The summed E-state index contributed by atoms with van der Waals surface area (Å²) in [6.45, 7) is 0.407. The quantitative estimate of drug-likeness (QED) is 0.671. The Morgan fingerprint density at radius 1 is 1.19 bits per heavy atom. The summed E-state index contributed by atoms with van der Waals surface area (Å²) in [5.74, 6) is -0.148. The van der Waals surface area contributed by atoms with Crippen LogP contribution < -0.4 is 5.32 Å². The molecule has 0 radical (unpaired) electrons. The lowest BCUT2D eigenvalue weighted by Crippen LogP contribution is -2.34. The zero-order chi connectivity index (χ0) is 18.6. The van der Waals surface area contributed by atoms with E-state index in [1.807, 2.05) is 42.5 Å². The molecule has 1 atom stereocenters. The molecule has 0 aliphatic carbocycles. The molecule has 0 unspecified atom stereocenters. The summed E-state index contributed by atoms with van der Waals surface area (Å²) in [6.07, 6.45) is 1.70. The minimum Gasteiger partial charge on any atom is -0.382 e. The minimum absolute atomic E-state index is 0.148. The Morgan fingerprint density at radius 2 is 2.04 bits per heavy atom. The number of H-pyrrole nitrogens is 1. The Hall–Kier alpha value is -2.79. The smallest absolute Gasteiger partial charge is 0.264 e. The van der Waals surface area contributed by atoms with E-state index in [0.717, 1.165) is 35.2 Å². The Morgan fingerprint density at radius 3 is 2.89 bits per heavy atom. The lowest BCUT2D eigenvalue weighted by Gasteiger charge is -2.08. The lowest BCUT2D eigenvalue weighted by atomic mass is 10.0. The Labute approximate surface area is 162 Å². The molecule has 0 saturated heterocycles. The van der Waals surface area contributed by atoms with Gasteiger partial charge in [0.15, 0.2) is 0 Å². The van der Waals surface area contributed by atoms with Crippen molar-refractivity contribution in [2.45, 2.75) is 31.9 Å². The van der Waals surface area contributed by atoms with Crippen molar-refractivity contribution in [1.29, 1.82) is 0 Å². The summed E-state index contributed by atoms with van der Waals surface area (Å²) >= 11 is 6.01. The van der Waals surface area contributed by atoms with Crippen LogP contribution in [0.25, 0.3) is 10.9 Å². The van der Waals surface area contributed by atoms with E-state index >= 15 is 0 Å². The molecule has 0 bridgehead atoms. The summed E-state index contributed by atoms with van der Waals surface area (Å²) in [5.41, 5.74) is 4.10. The maximum absolute atomic E-state index is 12.4. The van der Waals surface area contributed by atoms with E-state index in [1.165, 1.54) is 5.56 Å². The zero-order valence-electron chi connectivity index (χ0n) is 14.7. The van der Waals surface area contributed by atoms with Crippen molar-refractivity contribution in [3.63, 3.8) is 0 Å². The Bertz CT molecular complexity index is 982. The molecule has 0 spiro atoms. The van der Waals surface area contributed by atoms with E-state index in [9.17, 15) is 4.79 Å². The summed E-state index contributed by atoms with van der Waals surface area (Å²) < 4.78 is 0. The molecule has 4 rings (SSSR count). The fourth-order valence-electron chi connectivity index (χ4n) is 3.20. The third kappa shape index (κ3) is 4.31. The van der Waals surface area contributed by atoms with Crippen molar-refractivity contribution in [3.05, 3.63) is 70.9 Å². The number of aromatic amines is 1. The number of aryl methyl sites for hydroxylation is 1. The molecule has 27 heavy (non-hydrogen) atoms. The van der Waals surface area contributed by atoms with Crippen molar-refractivity contribution in [1.82, 2.24) is 10.3 Å². The van der Waals surface area contributed by atoms with Gasteiger partial charge in [0.05, 0.1) is 12.3 Å². The monoisotopic (exact) mass is 381 g/mol. The number of nitrogens with zero attached hydrogens (tertiary/aromatic N) is 1. The molecular formula is C21H20ClN3O2. The summed E-state index contributed by atoms with van der Waals surface area (Å²) in [7, 11) is 0. The van der Waals surface area contributed by atoms with E-state index in [4.69, 9.17) is 16.4 Å². The standard InChI is InChI=1S/C21H20ClN3O2/c22-16-7-9-19-15(10-16)11-18(24-19)13-23-21(26)20-12-17(25-27-20)8-6-14-4-2-1-3-5-14/h1-5,7,9-11,20,24H,6,8,12-13H2,(H,23,26)/t20-/m1/s1. The maximum Gasteiger partial charge on any atom is 0.264 e. The number of hydrogen-bond acceptors (Lipinski definition) is 3. The second-order valence-corrected chi connectivity index (χ2v) is 7.12. The number of amides is 1. The van der Waals surface area contributed by atoms with Crippen LogP contribution in [0.1, 0.15) is 24.1 Å². The second kappa shape index (κ2) is 7.84. The SMILES string of the molecule is O=C(NCc1cc2cc(Cl)ccc2[nH]1)[C@H]1CC(CCc2ccccc2)=NO1. The third-order valence-corrected chi connectivity index (χ3v) is 4.89. The van der Waals surface area contributed by atoms with Gasteiger partial charge in [0.25, 0.3) is 5.91 Å². The van der Waals surface area contributed by atoms with Crippen molar-refractivity contribution >= 4 is 34.1 Å². The van der Waals surface area contributed by atoms with Gasteiger partial charge in [0.1, 0.15) is 0 Å². The van der Waals surface area contributed by atoms with E-state index in [0.29, 0.717) is 18.0 Å². The normalized spacial score (nSPS) is 16.2. The van der Waals surface area contributed by atoms with Crippen molar-refractivity contribution in [3.8, 4) is 0 Å². The molecule has 1 aliphatic rings. The number of oxime groups is 1. The molecule has 6 heteroatoms. The van der Waals surface area contributed by atoms with Crippen LogP contribution in [0.15, 0.2) is 59.8 Å². The van der Waals surface area contributed by atoms with Gasteiger partial charge in [-0.05, 0) is 42.7 Å². The fraction of sp³-hybridized carbons (Fsp3) is 0.238. The summed E-state index contributed by atoms with van der Waals surface area (Å²) in [6, 6.07) is 17.9. The van der Waals surface area contributed by atoms with Crippen molar-refractivity contribution in [2.24, 2.45) is 5.16 Å². The molecule has 3 aromatic rings. The highest BCUT2D eigenvalue weighted by atomic mass is 35.5. The van der Waals surface area contributed by atoms with E-state index in [-0.39, 0.29) is 5.91 Å². The van der Waals surface area contributed by atoms with Crippen LogP contribution >= 0.6 is 11.6 Å². The maximum atomic E-state index is 12.4. The molecule has 2 aromatic carbocycles. The van der Waals surface area contributed by atoms with Crippen LogP contribution in [0.5, 0.6) is 0 Å². The first-order valence-electron chi connectivity index (χ1n) is 8.98. The van der Waals surface area contributed by atoms with Gasteiger partial charge in [-0.1, -0.05) is 47.1 Å². The number of halogens is 1. The largest absolute Gasteiger partial charge is 0.382 e. The van der Waals surface area contributed by atoms with Crippen LogP contribution in [0.2, 0.25) is 5.02 Å². The van der Waals surface area contributed by atoms with Crippen LogP contribution in [0.3, 0.4) is 0 Å². The number of aromatic nitrogens is 1. The van der Waals surface area contributed by atoms with Crippen LogP contribution in [0, 0.1) is 0 Å². The number of carbonyl (C=O) groups is 1. The fourth-order valence-corrected chi connectivity index (χ4v) is 3.38. The lowest BCUT2D eigenvalue weighted by molar-refractivity contribution is -0.131. The molecule has 0 fully saturated rings. The highest BCUT2D eigenvalue weighted by Crippen LogP contribution is 2.20. The van der Waals surface area contributed by atoms with Crippen LogP contribution in [0.4, 0.5) is 0 Å². The molecule has 0 saturated carbocycles. The van der Waals surface area contributed by atoms with E-state index < -0.39 is 6.10 Å². The van der Waals surface area contributed by atoms with Crippen molar-refractivity contribution < 1.29 is 9.63 Å². The molecule has 1 aromatic heterocycles. The molecule has 1 aliphatic heterocycles. The Balaban J connectivity index is 1.26. The van der Waals surface area contributed by atoms with Crippen molar-refractivity contribution in [2.75, 3.05) is 0 Å². The van der Waals surface area contributed by atoms with Gasteiger partial charge in [-0.2, -0.15) is 0 Å². The predicted octanol–water partition coefficient (Wildman–Crippen LogP) is 4.22. The third-order valence-electron chi connectivity index (χ3n) is 4.66. The van der Waals surface area contributed by atoms with Gasteiger partial charge in [-0.15, -0.1) is 0 Å². The van der Waals surface area contributed by atoms with Gasteiger partial charge in [0.2, 0.25) is 6.10 Å². The number of benzene rings is 2. The number of nitrogens with one attached hydrogen (secondary N) is 2. The summed E-state index contributed by atoms with van der Waals surface area (Å²) in [4.78, 5) is 21.0. The average Bonchev–Trinajstić information content (AvgIpc) is 3.31. The highest BCUT2D eigenvalue weighted by molar-refractivity contribution is 6.31. The van der Waals surface area contributed by atoms with E-state index in [2.05, 4.69) is 27.6 Å².